The number of hydrogen-bond donors (Lipinski definition) is 1. The molecule has 0 aliphatic carbocycles. The van der Waals surface area contributed by atoms with Crippen LogP contribution in [0.4, 0.5) is 0 Å². The number of hydrogen-bond acceptors (Lipinski definition) is 2. The molecule has 0 aromatic carbocycles. The molecule has 0 amide bonds. The van der Waals surface area contributed by atoms with E-state index >= 15 is 0 Å². The summed E-state index contributed by atoms with van der Waals surface area (Å²) >= 11 is 3.31. The molecule has 90 valence electrons. The van der Waals surface area contributed by atoms with E-state index < -0.39 is 5.97 Å². The van der Waals surface area contributed by atoms with Crippen molar-refractivity contribution in [3.05, 3.63) is 22.4 Å². The fourth-order valence-corrected chi connectivity index (χ4v) is 1.74. The van der Waals surface area contributed by atoms with Gasteiger partial charge in [-0.25, -0.2) is 4.79 Å². The molecule has 0 spiro atoms. The number of rotatable bonds is 4. The van der Waals surface area contributed by atoms with Gasteiger partial charge in [-0.15, -0.1) is 0 Å². The number of ether oxygens (including phenoxy) is 1. The quantitative estimate of drug-likeness (QED) is 0.927. The lowest BCUT2D eigenvalue weighted by atomic mass is 10.2. The Labute approximate surface area is 103 Å². The summed E-state index contributed by atoms with van der Waals surface area (Å²) in [6.07, 6.45) is 1.60. The van der Waals surface area contributed by atoms with Gasteiger partial charge in [0.1, 0.15) is 0 Å². The molecule has 0 bridgehead atoms. The van der Waals surface area contributed by atoms with Gasteiger partial charge < -0.3 is 14.4 Å². The van der Waals surface area contributed by atoms with Crippen LogP contribution < -0.4 is 0 Å². The highest BCUT2D eigenvalue weighted by Gasteiger charge is 2.12. The summed E-state index contributed by atoms with van der Waals surface area (Å²) in [7, 11) is 0. The average Bonchev–Trinajstić information content (AvgIpc) is 2.46. The maximum atomic E-state index is 10.7. The van der Waals surface area contributed by atoms with Gasteiger partial charge in [-0.3, -0.25) is 0 Å². The maximum absolute atomic E-state index is 10.7. The molecule has 4 nitrogen and oxygen atoms in total. The minimum Gasteiger partial charge on any atom is -0.478 e. The highest BCUT2D eigenvalue weighted by Crippen LogP contribution is 2.16. The average molecular weight is 290 g/mol. The third kappa shape index (κ3) is 3.98. The Balaban J connectivity index is 2.58. The van der Waals surface area contributed by atoms with E-state index in [0.717, 1.165) is 4.60 Å². The van der Waals surface area contributed by atoms with Crippen molar-refractivity contribution in [1.29, 1.82) is 0 Å². The summed E-state index contributed by atoms with van der Waals surface area (Å²) < 4.78 is 8.14. The first-order chi connectivity index (χ1) is 7.29. The molecule has 0 aliphatic rings. The van der Waals surface area contributed by atoms with Crippen LogP contribution in [0.1, 0.15) is 31.1 Å². The Morgan fingerprint density at radius 2 is 2.19 bits per heavy atom. The van der Waals surface area contributed by atoms with Gasteiger partial charge in [0, 0.05) is 12.7 Å². The molecule has 0 fully saturated rings. The topological polar surface area (TPSA) is 51.5 Å². The summed E-state index contributed by atoms with van der Waals surface area (Å²) in [6, 6.07) is 1.58. The van der Waals surface area contributed by atoms with Crippen LogP contribution in [-0.4, -0.2) is 27.9 Å². The Bertz CT molecular complexity index is 379. The number of halogens is 1. The minimum atomic E-state index is -0.920. The van der Waals surface area contributed by atoms with Gasteiger partial charge in [0.2, 0.25) is 0 Å². The first-order valence-electron chi connectivity index (χ1n) is 5.02. The standard InChI is InChI=1S/C11H16BrNO3/c1-11(2,3)16-5-4-13-7-8(10(14)15)6-9(13)12/h6-7H,4-5H2,1-3H3,(H,14,15). The van der Waals surface area contributed by atoms with E-state index in [1.165, 1.54) is 0 Å². The second kappa shape index (κ2) is 5.01. The SMILES string of the molecule is CC(C)(C)OCCn1cc(C(=O)O)cc1Br. The van der Waals surface area contributed by atoms with Crippen LogP contribution in [0, 0.1) is 0 Å². The van der Waals surface area contributed by atoms with Gasteiger partial charge in [-0.2, -0.15) is 0 Å². The van der Waals surface area contributed by atoms with E-state index in [1.807, 2.05) is 25.3 Å². The van der Waals surface area contributed by atoms with Gasteiger partial charge in [-0.1, -0.05) is 0 Å². The van der Waals surface area contributed by atoms with Crippen molar-refractivity contribution in [3.8, 4) is 0 Å². The van der Waals surface area contributed by atoms with Crippen molar-refractivity contribution in [2.24, 2.45) is 0 Å². The Kier molecular flexibility index (Phi) is 4.15. The van der Waals surface area contributed by atoms with Crippen LogP contribution in [0.15, 0.2) is 16.9 Å². The predicted octanol–water partition coefficient (Wildman–Crippen LogP) is 2.76. The van der Waals surface area contributed by atoms with E-state index in [-0.39, 0.29) is 11.2 Å². The van der Waals surface area contributed by atoms with E-state index in [9.17, 15) is 4.79 Å². The molecule has 16 heavy (non-hydrogen) atoms. The summed E-state index contributed by atoms with van der Waals surface area (Å²) in [6.45, 7) is 7.14. The van der Waals surface area contributed by atoms with Crippen molar-refractivity contribution < 1.29 is 14.6 Å². The second-order valence-corrected chi connectivity index (χ2v) is 5.32. The Hall–Kier alpha value is -0.810. The van der Waals surface area contributed by atoms with Gasteiger partial charge in [0.05, 0.1) is 22.4 Å². The fourth-order valence-electron chi connectivity index (χ4n) is 1.22. The third-order valence-corrected chi connectivity index (χ3v) is 2.64. The van der Waals surface area contributed by atoms with Crippen LogP contribution in [-0.2, 0) is 11.3 Å². The number of nitrogens with zero attached hydrogens (tertiary/aromatic N) is 1. The molecule has 0 radical (unpaired) electrons. The molecule has 0 saturated heterocycles. The van der Waals surface area contributed by atoms with Crippen LogP contribution in [0.2, 0.25) is 0 Å². The molecule has 1 N–H and O–H groups in total. The molecule has 0 aliphatic heterocycles. The van der Waals surface area contributed by atoms with Crippen molar-refractivity contribution in [1.82, 2.24) is 4.57 Å². The Morgan fingerprint density at radius 3 is 2.62 bits per heavy atom. The predicted molar refractivity (Wildman–Crippen MR) is 64.8 cm³/mol. The molecular formula is C11H16BrNO3. The normalized spacial score (nSPS) is 11.8. The lowest BCUT2D eigenvalue weighted by molar-refractivity contribution is -0.00699. The summed E-state index contributed by atoms with van der Waals surface area (Å²) in [4.78, 5) is 10.7. The zero-order valence-corrected chi connectivity index (χ0v) is 11.2. The van der Waals surface area contributed by atoms with E-state index in [1.54, 1.807) is 12.3 Å². The lowest BCUT2D eigenvalue weighted by Crippen LogP contribution is -2.21. The molecule has 1 rings (SSSR count). The molecule has 1 aromatic rings. The highest BCUT2D eigenvalue weighted by atomic mass is 79.9. The number of carboxylic acid groups (broad SMARTS) is 1. The number of carbonyl (C=O) groups is 1. The maximum Gasteiger partial charge on any atom is 0.337 e. The molecule has 5 heteroatoms. The van der Waals surface area contributed by atoms with E-state index in [4.69, 9.17) is 9.84 Å². The molecular weight excluding hydrogens is 274 g/mol. The Morgan fingerprint density at radius 1 is 1.56 bits per heavy atom. The second-order valence-electron chi connectivity index (χ2n) is 4.51. The summed E-state index contributed by atoms with van der Waals surface area (Å²) in [5.74, 6) is -0.920. The smallest absolute Gasteiger partial charge is 0.337 e. The molecule has 1 aromatic heterocycles. The van der Waals surface area contributed by atoms with Gasteiger partial charge in [-0.05, 0) is 42.8 Å². The van der Waals surface area contributed by atoms with E-state index in [2.05, 4.69) is 15.9 Å². The molecule has 1 heterocycles. The van der Waals surface area contributed by atoms with Crippen LogP contribution >= 0.6 is 15.9 Å². The van der Waals surface area contributed by atoms with Crippen molar-refractivity contribution >= 4 is 21.9 Å². The largest absolute Gasteiger partial charge is 0.478 e. The number of aromatic nitrogens is 1. The molecule has 0 saturated carbocycles. The zero-order valence-electron chi connectivity index (χ0n) is 9.66. The molecule has 0 unspecified atom stereocenters. The lowest BCUT2D eigenvalue weighted by Gasteiger charge is -2.19. The fraction of sp³-hybridized carbons (Fsp3) is 0.545. The van der Waals surface area contributed by atoms with E-state index in [0.29, 0.717) is 13.2 Å². The monoisotopic (exact) mass is 289 g/mol. The first-order valence-corrected chi connectivity index (χ1v) is 5.82. The van der Waals surface area contributed by atoms with Crippen molar-refractivity contribution in [2.75, 3.05) is 6.61 Å². The molecule has 0 atom stereocenters. The van der Waals surface area contributed by atoms with Crippen molar-refractivity contribution in [2.45, 2.75) is 32.9 Å². The number of aromatic carboxylic acids is 1. The van der Waals surface area contributed by atoms with Crippen molar-refractivity contribution in [3.63, 3.8) is 0 Å². The zero-order chi connectivity index (χ0) is 12.3. The third-order valence-electron chi connectivity index (χ3n) is 1.96. The van der Waals surface area contributed by atoms with Gasteiger partial charge in [0.25, 0.3) is 0 Å². The highest BCUT2D eigenvalue weighted by molar-refractivity contribution is 9.10. The van der Waals surface area contributed by atoms with Gasteiger partial charge in [0.15, 0.2) is 0 Å². The minimum absolute atomic E-state index is 0.171. The van der Waals surface area contributed by atoms with Crippen LogP contribution in [0.5, 0.6) is 0 Å². The van der Waals surface area contributed by atoms with Crippen LogP contribution in [0.25, 0.3) is 0 Å². The van der Waals surface area contributed by atoms with Crippen LogP contribution in [0.3, 0.4) is 0 Å². The number of carboxylic acids is 1. The van der Waals surface area contributed by atoms with Gasteiger partial charge >= 0.3 is 5.97 Å². The summed E-state index contributed by atoms with van der Waals surface area (Å²) in [5, 5.41) is 8.81. The summed E-state index contributed by atoms with van der Waals surface area (Å²) in [5.41, 5.74) is 0.109. The first kappa shape index (κ1) is 13.3.